The van der Waals surface area contributed by atoms with E-state index < -0.39 is 0 Å². The molecule has 1 aromatic rings. The van der Waals surface area contributed by atoms with E-state index in [1.54, 1.807) is 6.20 Å². The van der Waals surface area contributed by atoms with Crippen molar-refractivity contribution >= 4 is 11.6 Å². The molecule has 0 aromatic carbocycles. The maximum Gasteiger partial charge on any atom is 0.0831 e. The molecule has 1 aliphatic rings. The second-order valence-corrected chi connectivity index (χ2v) is 5.27. The zero-order valence-corrected chi connectivity index (χ0v) is 11.4. The fourth-order valence-corrected chi connectivity index (χ4v) is 2.80. The average molecular weight is 257 g/mol. The molecule has 1 aliphatic heterocycles. The van der Waals surface area contributed by atoms with Crippen molar-refractivity contribution in [2.45, 2.75) is 19.4 Å². The van der Waals surface area contributed by atoms with Crippen LogP contribution in [0.3, 0.4) is 0 Å². The van der Waals surface area contributed by atoms with Crippen LogP contribution in [-0.4, -0.2) is 41.4 Å². The summed E-state index contributed by atoms with van der Waals surface area (Å²) < 4.78 is 1.88. The second kappa shape index (κ2) is 5.85. The third kappa shape index (κ3) is 3.21. The van der Waals surface area contributed by atoms with Crippen LogP contribution in [0.4, 0.5) is 0 Å². The maximum absolute atomic E-state index is 6.14. The van der Waals surface area contributed by atoms with Crippen molar-refractivity contribution in [3.05, 3.63) is 16.9 Å². The first-order valence-corrected chi connectivity index (χ1v) is 6.62. The minimum atomic E-state index is 0.765. The van der Waals surface area contributed by atoms with E-state index in [0.717, 1.165) is 36.3 Å². The van der Waals surface area contributed by atoms with Crippen LogP contribution in [0.1, 0.15) is 18.5 Å². The van der Waals surface area contributed by atoms with Crippen molar-refractivity contribution in [2.24, 2.45) is 13.0 Å². The molecule has 4 nitrogen and oxygen atoms in total. The molecule has 2 rings (SSSR count). The van der Waals surface area contributed by atoms with Crippen LogP contribution < -0.4 is 5.32 Å². The van der Waals surface area contributed by atoms with Gasteiger partial charge in [-0.2, -0.15) is 5.10 Å². The molecule has 0 radical (unpaired) electrons. The zero-order chi connectivity index (χ0) is 12.3. The SMILES string of the molecule is CNCC1CCCN(Cc2c(Cl)cnn2C)C1. The summed E-state index contributed by atoms with van der Waals surface area (Å²) in [6.07, 6.45) is 4.34. The second-order valence-electron chi connectivity index (χ2n) is 4.86. The van der Waals surface area contributed by atoms with Crippen LogP contribution in [0.5, 0.6) is 0 Å². The van der Waals surface area contributed by atoms with Gasteiger partial charge in [0.15, 0.2) is 0 Å². The predicted octanol–water partition coefficient (Wildman–Crippen LogP) is 1.50. The van der Waals surface area contributed by atoms with Gasteiger partial charge in [0, 0.05) is 20.1 Å². The summed E-state index contributed by atoms with van der Waals surface area (Å²) >= 11 is 6.14. The van der Waals surface area contributed by atoms with Gasteiger partial charge in [-0.1, -0.05) is 11.6 Å². The van der Waals surface area contributed by atoms with E-state index >= 15 is 0 Å². The Morgan fingerprint density at radius 1 is 1.59 bits per heavy atom. The Labute approximate surface area is 108 Å². The summed E-state index contributed by atoms with van der Waals surface area (Å²) in [4.78, 5) is 2.48. The van der Waals surface area contributed by atoms with E-state index in [9.17, 15) is 0 Å². The zero-order valence-electron chi connectivity index (χ0n) is 10.6. The van der Waals surface area contributed by atoms with Crippen molar-refractivity contribution in [2.75, 3.05) is 26.7 Å². The third-order valence-corrected chi connectivity index (χ3v) is 3.80. The van der Waals surface area contributed by atoms with Crippen molar-refractivity contribution < 1.29 is 0 Å². The number of hydrogen-bond acceptors (Lipinski definition) is 3. The molecular weight excluding hydrogens is 236 g/mol. The molecule has 1 atom stereocenters. The highest BCUT2D eigenvalue weighted by atomic mass is 35.5. The lowest BCUT2D eigenvalue weighted by Crippen LogP contribution is -2.38. The molecule has 5 heteroatoms. The normalized spacial score (nSPS) is 21.9. The first-order valence-electron chi connectivity index (χ1n) is 6.24. The molecule has 0 spiro atoms. The average Bonchev–Trinajstić information content (AvgIpc) is 2.62. The molecule has 1 fully saturated rings. The van der Waals surface area contributed by atoms with Crippen LogP contribution >= 0.6 is 11.6 Å². The topological polar surface area (TPSA) is 33.1 Å². The number of nitrogens with one attached hydrogen (secondary N) is 1. The molecule has 96 valence electrons. The fraction of sp³-hybridized carbons (Fsp3) is 0.750. The Bertz CT molecular complexity index is 342. The molecule has 0 amide bonds. The molecule has 17 heavy (non-hydrogen) atoms. The Morgan fingerprint density at radius 2 is 2.41 bits per heavy atom. The van der Waals surface area contributed by atoms with Gasteiger partial charge >= 0.3 is 0 Å². The highest BCUT2D eigenvalue weighted by Crippen LogP contribution is 2.21. The minimum absolute atomic E-state index is 0.765. The summed E-state index contributed by atoms with van der Waals surface area (Å²) in [7, 11) is 3.98. The standard InChI is InChI=1S/C12H21ClN4/c1-14-6-10-4-3-5-17(8-10)9-12-11(13)7-15-16(12)2/h7,10,14H,3-6,8-9H2,1-2H3. The largest absolute Gasteiger partial charge is 0.319 e. The van der Waals surface area contributed by atoms with Gasteiger partial charge in [0.2, 0.25) is 0 Å². The number of aryl methyl sites for hydroxylation is 1. The van der Waals surface area contributed by atoms with Gasteiger partial charge in [-0.15, -0.1) is 0 Å². The first kappa shape index (κ1) is 12.9. The van der Waals surface area contributed by atoms with Gasteiger partial charge in [-0.25, -0.2) is 0 Å². The number of nitrogens with zero attached hydrogens (tertiary/aromatic N) is 3. The van der Waals surface area contributed by atoms with Crippen LogP contribution in [-0.2, 0) is 13.6 Å². The van der Waals surface area contributed by atoms with Crippen LogP contribution in [0, 0.1) is 5.92 Å². The lowest BCUT2D eigenvalue weighted by molar-refractivity contribution is 0.163. The fourth-order valence-electron chi connectivity index (χ4n) is 2.58. The summed E-state index contributed by atoms with van der Waals surface area (Å²) in [5, 5.41) is 8.23. The Morgan fingerprint density at radius 3 is 3.06 bits per heavy atom. The van der Waals surface area contributed by atoms with E-state index in [2.05, 4.69) is 15.3 Å². The minimum Gasteiger partial charge on any atom is -0.319 e. The Balaban J connectivity index is 1.94. The van der Waals surface area contributed by atoms with E-state index in [1.165, 1.54) is 19.4 Å². The Hall–Kier alpha value is -0.580. The van der Waals surface area contributed by atoms with Gasteiger partial charge < -0.3 is 5.32 Å². The number of hydrogen-bond donors (Lipinski definition) is 1. The van der Waals surface area contributed by atoms with Crippen LogP contribution in [0.2, 0.25) is 5.02 Å². The number of piperidine rings is 1. The van der Waals surface area contributed by atoms with Crippen molar-refractivity contribution in [1.29, 1.82) is 0 Å². The molecule has 1 saturated heterocycles. The smallest absolute Gasteiger partial charge is 0.0831 e. The number of rotatable bonds is 4. The van der Waals surface area contributed by atoms with E-state index in [0.29, 0.717) is 0 Å². The van der Waals surface area contributed by atoms with Gasteiger partial charge in [-0.3, -0.25) is 9.58 Å². The monoisotopic (exact) mass is 256 g/mol. The quantitative estimate of drug-likeness (QED) is 0.887. The summed E-state index contributed by atoms with van der Waals surface area (Å²) in [5.74, 6) is 0.765. The molecule has 1 unspecified atom stereocenters. The molecule has 0 saturated carbocycles. The van der Waals surface area contributed by atoms with Crippen LogP contribution in [0.25, 0.3) is 0 Å². The molecule has 1 aromatic heterocycles. The van der Waals surface area contributed by atoms with Gasteiger partial charge in [0.25, 0.3) is 0 Å². The number of likely N-dealkylation sites (tertiary alicyclic amines) is 1. The molecule has 2 heterocycles. The highest BCUT2D eigenvalue weighted by molar-refractivity contribution is 6.31. The van der Waals surface area contributed by atoms with Gasteiger partial charge in [-0.05, 0) is 38.9 Å². The maximum atomic E-state index is 6.14. The summed E-state index contributed by atoms with van der Waals surface area (Å²) in [5.41, 5.74) is 1.12. The van der Waals surface area contributed by atoms with Gasteiger partial charge in [0.1, 0.15) is 0 Å². The molecular formula is C12H21ClN4. The number of halogens is 1. The van der Waals surface area contributed by atoms with Gasteiger partial charge in [0.05, 0.1) is 16.9 Å². The number of aromatic nitrogens is 2. The third-order valence-electron chi connectivity index (χ3n) is 3.48. The van der Waals surface area contributed by atoms with E-state index in [4.69, 9.17) is 11.6 Å². The van der Waals surface area contributed by atoms with E-state index in [1.807, 2.05) is 18.8 Å². The Kier molecular flexibility index (Phi) is 4.42. The van der Waals surface area contributed by atoms with Crippen molar-refractivity contribution in [3.8, 4) is 0 Å². The van der Waals surface area contributed by atoms with Crippen molar-refractivity contribution in [1.82, 2.24) is 20.0 Å². The van der Waals surface area contributed by atoms with Crippen molar-refractivity contribution in [3.63, 3.8) is 0 Å². The molecule has 0 bridgehead atoms. The highest BCUT2D eigenvalue weighted by Gasteiger charge is 2.21. The molecule has 0 aliphatic carbocycles. The van der Waals surface area contributed by atoms with E-state index in [-0.39, 0.29) is 0 Å². The summed E-state index contributed by atoms with van der Waals surface area (Å²) in [6.45, 7) is 4.34. The summed E-state index contributed by atoms with van der Waals surface area (Å²) in [6, 6.07) is 0. The lowest BCUT2D eigenvalue weighted by atomic mass is 9.98. The van der Waals surface area contributed by atoms with Crippen LogP contribution in [0.15, 0.2) is 6.20 Å². The first-order chi connectivity index (χ1) is 8.20. The predicted molar refractivity (Wildman–Crippen MR) is 70.1 cm³/mol. The molecule has 1 N–H and O–H groups in total. The lowest BCUT2D eigenvalue weighted by Gasteiger charge is -2.32.